The smallest absolute Gasteiger partial charge is 0.254 e. The Hall–Kier alpha value is -2.96. The molecule has 1 aromatic carbocycles. The number of rotatable bonds is 6. The lowest BCUT2D eigenvalue weighted by Gasteiger charge is -2.33. The highest BCUT2D eigenvalue weighted by Crippen LogP contribution is 2.27. The van der Waals surface area contributed by atoms with Crippen LogP contribution in [0.3, 0.4) is 0 Å². The molecule has 1 fully saturated rings. The van der Waals surface area contributed by atoms with E-state index in [4.69, 9.17) is 0 Å². The first kappa shape index (κ1) is 18.4. The number of carbonyl (C=O) groups is 1. The van der Waals surface area contributed by atoms with Crippen LogP contribution in [0.15, 0.2) is 42.7 Å². The molecule has 0 aliphatic carbocycles. The Morgan fingerprint density at radius 2 is 2.14 bits per heavy atom. The summed E-state index contributed by atoms with van der Waals surface area (Å²) in [5.41, 5.74) is 1.91. The predicted molar refractivity (Wildman–Crippen MR) is 109 cm³/mol. The quantitative estimate of drug-likeness (QED) is 0.668. The van der Waals surface area contributed by atoms with E-state index >= 15 is 0 Å². The zero-order valence-corrected chi connectivity index (χ0v) is 16.2. The van der Waals surface area contributed by atoms with E-state index in [2.05, 4.69) is 32.2 Å². The molecule has 0 bridgehead atoms. The minimum Gasteiger partial charge on any atom is -0.356 e. The molecule has 0 saturated carbocycles. The van der Waals surface area contributed by atoms with Crippen molar-refractivity contribution in [2.45, 2.75) is 32.6 Å². The summed E-state index contributed by atoms with van der Waals surface area (Å²) in [6.07, 6.45) is 5.53. The first-order valence-corrected chi connectivity index (χ1v) is 10.0. The van der Waals surface area contributed by atoms with Crippen molar-refractivity contribution in [3.8, 4) is 11.3 Å². The Balaban J connectivity index is 1.61. The maximum Gasteiger partial charge on any atom is 0.254 e. The van der Waals surface area contributed by atoms with Crippen molar-refractivity contribution < 1.29 is 4.79 Å². The van der Waals surface area contributed by atoms with Gasteiger partial charge in [-0.3, -0.25) is 4.79 Å². The van der Waals surface area contributed by atoms with Gasteiger partial charge in [0.2, 0.25) is 5.91 Å². The Labute approximate surface area is 164 Å². The maximum atomic E-state index is 12.6. The lowest BCUT2D eigenvalue weighted by Crippen LogP contribution is -2.44. The Bertz CT molecular complexity index is 938. The van der Waals surface area contributed by atoms with Gasteiger partial charge in [-0.2, -0.15) is 14.6 Å². The van der Waals surface area contributed by atoms with E-state index < -0.39 is 0 Å². The van der Waals surface area contributed by atoms with Crippen LogP contribution in [0, 0.1) is 5.92 Å². The summed E-state index contributed by atoms with van der Waals surface area (Å²) in [5.74, 6) is 1.67. The first-order valence-electron chi connectivity index (χ1n) is 10.0. The van der Waals surface area contributed by atoms with Gasteiger partial charge in [0.1, 0.15) is 12.1 Å². The Morgan fingerprint density at radius 3 is 2.96 bits per heavy atom. The molecule has 7 heteroatoms. The van der Waals surface area contributed by atoms with E-state index in [0.29, 0.717) is 12.3 Å². The molecular weight excluding hydrogens is 352 g/mol. The number of unbranched alkanes of at least 4 members (excludes halogenated alkanes) is 1. The lowest BCUT2D eigenvalue weighted by atomic mass is 9.97. The summed E-state index contributed by atoms with van der Waals surface area (Å²) in [7, 11) is 0. The average Bonchev–Trinajstić information content (AvgIpc) is 3.22. The van der Waals surface area contributed by atoms with Gasteiger partial charge in [-0.05, 0) is 19.3 Å². The summed E-state index contributed by atoms with van der Waals surface area (Å²) in [4.78, 5) is 23.8. The van der Waals surface area contributed by atoms with E-state index in [1.807, 2.05) is 36.4 Å². The highest BCUT2D eigenvalue weighted by Gasteiger charge is 2.27. The zero-order chi connectivity index (χ0) is 19.3. The summed E-state index contributed by atoms with van der Waals surface area (Å²) in [6.45, 7) is 4.47. The number of nitrogens with one attached hydrogen (secondary N) is 1. The number of piperidine rings is 1. The number of aromatic nitrogens is 4. The molecule has 0 radical (unpaired) electrons. The second-order valence-corrected chi connectivity index (χ2v) is 7.27. The third-order valence-corrected chi connectivity index (χ3v) is 5.25. The first-order chi connectivity index (χ1) is 13.8. The minimum absolute atomic E-state index is 0.00230. The zero-order valence-electron chi connectivity index (χ0n) is 16.2. The van der Waals surface area contributed by atoms with Crippen LogP contribution in [0.1, 0.15) is 32.6 Å². The molecule has 146 valence electrons. The summed E-state index contributed by atoms with van der Waals surface area (Å²) >= 11 is 0. The molecule has 3 aromatic rings. The SMILES string of the molecule is CCCCNC(=O)C1CCCN(c2cc(-c3ccccc3)nc3ncnn23)C1. The lowest BCUT2D eigenvalue weighted by molar-refractivity contribution is -0.125. The van der Waals surface area contributed by atoms with Crippen molar-refractivity contribution in [2.75, 3.05) is 24.5 Å². The van der Waals surface area contributed by atoms with Crippen LogP contribution in [0.25, 0.3) is 17.0 Å². The molecule has 1 saturated heterocycles. The van der Waals surface area contributed by atoms with Gasteiger partial charge in [-0.1, -0.05) is 43.7 Å². The fourth-order valence-electron chi connectivity index (χ4n) is 3.71. The van der Waals surface area contributed by atoms with Gasteiger partial charge in [0.15, 0.2) is 0 Å². The van der Waals surface area contributed by atoms with Crippen LogP contribution >= 0.6 is 0 Å². The summed E-state index contributed by atoms with van der Waals surface area (Å²) in [5, 5.41) is 7.44. The van der Waals surface area contributed by atoms with Crippen LogP contribution in [0.4, 0.5) is 5.82 Å². The number of benzene rings is 1. The highest BCUT2D eigenvalue weighted by atomic mass is 16.1. The van der Waals surface area contributed by atoms with Crippen LogP contribution in [0.5, 0.6) is 0 Å². The number of nitrogens with zero attached hydrogens (tertiary/aromatic N) is 5. The van der Waals surface area contributed by atoms with Gasteiger partial charge >= 0.3 is 0 Å². The largest absolute Gasteiger partial charge is 0.356 e. The van der Waals surface area contributed by atoms with Crippen LogP contribution in [-0.2, 0) is 4.79 Å². The Morgan fingerprint density at radius 1 is 1.29 bits per heavy atom. The van der Waals surface area contributed by atoms with Gasteiger partial charge < -0.3 is 10.2 Å². The molecule has 1 unspecified atom stereocenters. The van der Waals surface area contributed by atoms with Crippen molar-refractivity contribution in [2.24, 2.45) is 5.92 Å². The van der Waals surface area contributed by atoms with Gasteiger partial charge in [0, 0.05) is 31.3 Å². The normalized spacial score (nSPS) is 17.0. The van der Waals surface area contributed by atoms with Crippen LogP contribution in [-0.4, -0.2) is 45.1 Å². The second kappa shape index (κ2) is 8.37. The van der Waals surface area contributed by atoms with Crippen LogP contribution < -0.4 is 10.2 Å². The molecule has 1 aliphatic heterocycles. The van der Waals surface area contributed by atoms with Crippen molar-refractivity contribution in [3.05, 3.63) is 42.7 Å². The molecule has 7 nitrogen and oxygen atoms in total. The Kier molecular flexibility index (Phi) is 5.50. The van der Waals surface area contributed by atoms with Crippen LogP contribution in [0.2, 0.25) is 0 Å². The maximum absolute atomic E-state index is 12.6. The third-order valence-electron chi connectivity index (χ3n) is 5.25. The van der Waals surface area contributed by atoms with E-state index in [1.165, 1.54) is 6.33 Å². The van der Waals surface area contributed by atoms with Crippen molar-refractivity contribution in [3.63, 3.8) is 0 Å². The fraction of sp³-hybridized carbons (Fsp3) is 0.429. The monoisotopic (exact) mass is 378 g/mol. The molecular formula is C21H26N6O. The van der Waals surface area contributed by atoms with E-state index in [9.17, 15) is 4.79 Å². The number of fused-ring (bicyclic) bond motifs is 1. The van der Waals surface area contributed by atoms with E-state index in [-0.39, 0.29) is 11.8 Å². The van der Waals surface area contributed by atoms with Gasteiger partial charge in [-0.25, -0.2) is 4.98 Å². The molecule has 4 rings (SSSR count). The number of hydrogen-bond acceptors (Lipinski definition) is 5. The molecule has 1 amide bonds. The number of anilines is 1. The minimum atomic E-state index is -0.00230. The van der Waals surface area contributed by atoms with Gasteiger partial charge in [-0.15, -0.1) is 0 Å². The van der Waals surface area contributed by atoms with Crippen molar-refractivity contribution >= 4 is 17.5 Å². The molecule has 1 aliphatic rings. The second-order valence-electron chi connectivity index (χ2n) is 7.27. The predicted octanol–water partition coefficient (Wildman–Crippen LogP) is 2.92. The molecule has 1 atom stereocenters. The highest BCUT2D eigenvalue weighted by molar-refractivity contribution is 5.79. The molecule has 2 aromatic heterocycles. The van der Waals surface area contributed by atoms with Crippen molar-refractivity contribution in [1.82, 2.24) is 24.9 Å². The summed E-state index contributed by atoms with van der Waals surface area (Å²) < 4.78 is 1.77. The number of hydrogen-bond donors (Lipinski definition) is 1. The van der Waals surface area contributed by atoms with Gasteiger partial charge in [0.05, 0.1) is 11.6 Å². The van der Waals surface area contributed by atoms with Gasteiger partial charge in [0.25, 0.3) is 5.78 Å². The number of amides is 1. The molecule has 1 N–H and O–H groups in total. The molecule has 0 spiro atoms. The average molecular weight is 378 g/mol. The fourth-order valence-corrected chi connectivity index (χ4v) is 3.71. The number of carbonyl (C=O) groups excluding carboxylic acids is 1. The molecule has 28 heavy (non-hydrogen) atoms. The third kappa shape index (κ3) is 3.83. The topological polar surface area (TPSA) is 75.4 Å². The summed E-state index contributed by atoms with van der Waals surface area (Å²) in [6, 6.07) is 12.1. The molecule has 3 heterocycles. The van der Waals surface area contributed by atoms with E-state index in [1.54, 1.807) is 4.52 Å². The standard InChI is InChI=1S/C21H26N6O/c1-2-3-11-22-20(28)17-10-7-12-26(14-17)19-13-18(16-8-5-4-6-9-16)25-21-23-15-24-27(19)21/h4-6,8-9,13,15,17H,2-3,7,10-12,14H2,1H3,(H,22,28). The van der Waals surface area contributed by atoms with E-state index in [0.717, 1.165) is 55.8 Å². The van der Waals surface area contributed by atoms with Crippen molar-refractivity contribution in [1.29, 1.82) is 0 Å².